The molecule has 0 unspecified atom stereocenters. The summed E-state index contributed by atoms with van der Waals surface area (Å²) in [7, 11) is -3.84. The van der Waals surface area contributed by atoms with Crippen LogP contribution in [0, 0.1) is 6.92 Å². The Bertz CT molecular complexity index is 1130. The van der Waals surface area contributed by atoms with Crippen molar-refractivity contribution in [3.05, 3.63) is 83.9 Å². The molecule has 0 bridgehead atoms. The van der Waals surface area contributed by atoms with Gasteiger partial charge in [0.1, 0.15) is 5.75 Å². The largest absolute Gasteiger partial charge is 0.492 e. The fraction of sp³-hybridized carbons (Fsp3) is 0.136. The molecule has 0 aliphatic heterocycles. The Morgan fingerprint density at radius 3 is 2.34 bits per heavy atom. The second-order valence-corrected chi connectivity index (χ2v) is 8.01. The third kappa shape index (κ3) is 4.94. The Morgan fingerprint density at radius 1 is 0.931 bits per heavy atom. The van der Waals surface area contributed by atoms with Gasteiger partial charge < -0.3 is 10.1 Å². The van der Waals surface area contributed by atoms with Gasteiger partial charge in [-0.25, -0.2) is 8.42 Å². The molecule has 1 amide bonds. The molecule has 3 rings (SSSR count). The van der Waals surface area contributed by atoms with Crippen molar-refractivity contribution in [2.75, 3.05) is 16.6 Å². The second-order valence-electron chi connectivity index (χ2n) is 6.33. The predicted molar refractivity (Wildman–Crippen MR) is 114 cm³/mol. The molecule has 150 valence electrons. The van der Waals surface area contributed by atoms with Crippen LogP contribution < -0.4 is 14.8 Å². The van der Waals surface area contributed by atoms with Gasteiger partial charge in [0.25, 0.3) is 15.9 Å². The molecule has 0 aliphatic rings. The number of benzene rings is 3. The van der Waals surface area contributed by atoms with Crippen molar-refractivity contribution in [2.45, 2.75) is 18.7 Å². The van der Waals surface area contributed by atoms with E-state index < -0.39 is 15.9 Å². The fourth-order valence-corrected chi connectivity index (χ4v) is 3.92. The lowest BCUT2D eigenvalue weighted by Gasteiger charge is -2.13. The fourth-order valence-electron chi connectivity index (χ4n) is 2.74. The van der Waals surface area contributed by atoms with Crippen molar-refractivity contribution in [3.63, 3.8) is 0 Å². The third-order valence-electron chi connectivity index (χ3n) is 4.23. The number of carbonyl (C=O) groups is 1. The van der Waals surface area contributed by atoms with Crippen LogP contribution in [0.15, 0.2) is 77.7 Å². The monoisotopic (exact) mass is 410 g/mol. The minimum absolute atomic E-state index is 0.00602. The van der Waals surface area contributed by atoms with Crippen LogP contribution in [0.3, 0.4) is 0 Å². The number of para-hydroxylation sites is 3. The van der Waals surface area contributed by atoms with Crippen LogP contribution in [0.5, 0.6) is 5.75 Å². The number of nitrogens with one attached hydrogen (secondary N) is 2. The Balaban J connectivity index is 1.84. The zero-order valence-corrected chi connectivity index (χ0v) is 17.0. The highest BCUT2D eigenvalue weighted by atomic mass is 32.2. The summed E-state index contributed by atoms with van der Waals surface area (Å²) >= 11 is 0. The highest BCUT2D eigenvalue weighted by molar-refractivity contribution is 7.92. The molecular formula is C22H22N2O4S. The first-order valence-electron chi connectivity index (χ1n) is 9.12. The van der Waals surface area contributed by atoms with Crippen molar-refractivity contribution in [3.8, 4) is 5.75 Å². The molecule has 7 heteroatoms. The lowest BCUT2D eigenvalue weighted by Crippen LogP contribution is -2.16. The molecule has 0 aromatic heterocycles. The highest BCUT2D eigenvalue weighted by Gasteiger charge is 2.18. The first-order chi connectivity index (χ1) is 13.9. The number of hydrogen-bond acceptors (Lipinski definition) is 4. The first-order valence-corrected chi connectivity index (χ1v) is 10.6. The number of amides is 1. The molecule has 29 heavy (non-hydrogen) atoms. The van der Waals surface area contributed by atoms with Gasteiger partial charge in [0.15, 0.2) is 0 Å². The average molecular weight is 410 g/mol. The van der Waals surface area contributed by atoms with Crippen molar-refractivity contribution in [2.24, 2.45) is 0 Å². The average Bonchev–Trinajstić information content (AvgIpc) is 2.71. The Hall–Kier alpha value is -3.32. The number of hydrogen-bond donors (Lipinski definition) is 2. The Kier molecular flexibility index (Phi) is 6.19. The van der Waals surface area contributed by atoms with Crippen LogP contribution in [0.25, 0.3) is 0 Å². The van der Waals surface area contributed by atoms with Crippen molar-refractivity contribution in [1.82, 2.24) is 0 Å². The minimum atomic E-state index is -3.84. The van der Waals surface area contributed by atoms with Crippen molar-refractivity contribution < 1.29 is 17.9 Å². The molecular weight excluding hydrogens is 388 g/mol. The summed E-state index contributed by atoms with van der Waals surface area (Å²) in [6.07, 6.45) is 0. The lowest BCUT2D eigenvalue weighted by atomic mass is 10.2. The zero-order chi connectivity index (χ0) is 20.9. The Morgan fingerprint density at radius 2 is 1.62 bits per heavy atom. The van der Waals surface area contributed by atoms with Crippen LogP contribution in [0.4, 0.5) is 11.4 Å². The van der Waals surface area contributed by atoms with E-state index in [9.17, 15) is 13.2 Å². The molecule has 0 saturated heterocycles. The quantitative estimate of drug-likeness (QED) is 0.603. The normalized spacial score (nSPS) is 11.0. The summed E-state index contributed by atoms with van der Waals surface area (Å²) < 4.78 is 33.6. The second kappa shape index (κ2) is 8.79. The number of carbonyl (C=O) groups excluding carboxylic acids is 1. The number of aryl methyl sites for hydroxylation is 1. The number of rotatable bonds is 7. The number of sulfonamides is 1. The first kappa shape index (κ1) is 20.4. The molecule has 0 saturated carbocycles. The maximum atomic E-state index is 12.8. The minimum Gasteiger partial charge on any atom is -0.492 e. The van der Waals surface area contributed by atoms with Crippen LogP contribution >= 0.6 is 0 Å². The van der Waals surface area contributed by atoms with E-state index in [1.807, 2.05) is 32.0 Å². The van der Waals surface area contributed by atoms with Crippen LogP contribution in [-0.2, 0) is 10.0 Å². The molecule has 2 N–H and O–H groups in total. The van der Waals surface area contributed by atoms with Gasteiger partial charge in [-0.2, -0.15) is 0 Å². The van der Waals surface area contributed by atoms with E-state index in [1.54, 1.807) is 36.4 Å². The van der Waals surface area contributed by atoms with E-state index in [1.165, 1.54) is 18.2 Å². The zero-order valence-electron chi connectivity index (χ0n) is 16.2. The summed E-state index contributed by atoms with van der Waals surface area (Å²) in [6.45, 7) is 4.14. The topological polar surface area (TPSA) is 84.5 Å². The van der Waals surface area contributed by atoms with E-state index in [0.717, 1.165) is 5.56 Å². The van der Waals surface area contributed by atoms with E-state index in [4.69, 9.17) is 4.74 Å². The lowest BCUT2D eigenvalue weighted by molar-refractivity contribution is 0.102. The maximum Gasteiger partial charge on any atom is 0.261 e. The number of anilines is 2. The van der Waals surface area contributed by atoms with Gasteiger partial charge in [-0.3, -0.25) is 9.52 Å². The summed E-state index contributed by atoms with van der Waals surface area (Å²) in [5.74, 6) is 0.124. The predicted octanol–water partition coefficient (Wildman–Crippen LogP) is 4.45. The van der Waals surface area contributed by atoms with Gasteiger partial charge in [-0.1, -0.05) is 36.4 Å². The smallest absolute Gasteiger partial charge is 0.261 e. The summed E-state index contributed by atoms with van der Waals surface area (Å²) in [4.78, 5) is 12.7. The van der Waals surface area contributed by atoms with Gasteiger partial charge in [-0.05, 0) is 55.8 Å². The van der Waals surface area contributed by atoms with Gasteiger partial charge >= 0.3 is 0 Å². The van der Waals surface area contributed by atoms with Gasteiger partial charge in [0.2, 0.25) is 0 Å². The summed E-state index contributed by atoms with van der Waals surface area (Å²) in [5.41, 5.74) is 2.04. The highest BCUT2D eigenvalue weighted by Crippen LogP contribution is 2.25. The molecule has 0 fully saturated rings. The van der Waals surface area contributed by atoms with Gasteiger partial charge in [0.05, 0.1) is 22.9 Å². The van der Waals surface area contributed by atoms with E-state index >= 15 is 0 Å². The van der Waals surface area contributed by atoms with Gasteiger partial charge in [-0.15, -0.1) is 0 Å². The maximum absolute atomic E-state index is 12.8. The van der Waals surface area contributed by atoms with E-state index in [0.29, 0.717) is 23.7 Å². The number of ether oxygens (including phenoxy) is 1. The SMILES string of the molecule is CCOc1ccccc1NC(=O)c1cccc(S(=O)(=O)Nc2ccccc2C)c1. The molecule has 0 spiro atoms. The summed E-state index contributed by atoms with van der Waals surface area (Å²) in [6, 6.07) is 20.1. The molecule has 0 heterocycles. The standard InChI is InChI=1S/C22H22N2O4S/c1-3-28-21-14-7-6-13-20(21)23-22(25)17-10-8-11-18(15-17)29(26,27)24-19-12-5-4-9-16(19)2/h4-15,24H,3H2,1-2H3,(H,23,25). The Labute approximate surface area is 170 Å². The molecule has 3 aromatic rings. The third-order valence-corrected chi connectivity index (χ3v) is 5.59. The van der Waals surface area contributed by atoms with Crippen LogP contribution in [0.1, 0.15) is 22.8 Å². The van der Waals surface area contributed by atoms with E-state index in [-0.39, 0.29) is 10.5 Å². The van der Waals surface area contributed by atoms with Crippen molar-refractivity contribution >= 4 is 27.3 Å². The van der Waals surface area contributed by atoms with Crippen molar-refractivity contribution in [1.29, 1.82) is 0 Å². The summed E-state index contributed by atoms with van der Waals surface area (Å²) in [5, 5.41) is 2.77. The molecule has 0 radical (unpaired) electrons. The molecule has 3 aromatic carbocycles. The molecule has 0 aliphatic carbocycles. The molecule has 6 nitrogen and oxygen atoms in total. The molecule has 0 atom stereocenters. The van der Waals surface area contributed by atoms with E-state index in [2.05, 4.69) is 10.0 Å². The van der Waals surface area contributed by atoms with Crippen LogP contribution in [0.2, 0.25) is 0 Å². The van der Waals surface area contributed by atoms with Gasteiger partial charge in [0, 0.05) is 5.56 Å². The van der Waals surface area contributed by atoms with Crippen LogP contribution in [-0.4, -0.2) is 20.9 Å².